The predicted octanol–water partition coefficient (Wildman–Crippen LogP) is 1.92. The predicted molar refractivity (Wildman–Crippen MR) is 65.2 cm³/mol. The molecule has 5 nitrogen and oxygen atoms in total. The lowest BCUT2D eigenvalue weighted by Crippen LogP contribution is -2.38. The van der Waals surface area contributed by atoms with E-state index < -0.39 is 49.3 Å². The van der Waals surface area contributed by atoms with Gasteiger partial charge in [0.15, 0.2) is 0 Å². The Morgan fingerprint density at radius 1 is 1.10 bits per heavy atom. The van der Waals surface area contributed by atoms with Gasteiger partial charge in [-0.2, -0.15) is 25.9 Å². The van der Waals surface area contributed by atoms with Crippen LogP contribution in [0.4, 0.5) is 17.1 Å². The fraction of sp³-hybridized carbons (Fsp3) is 0.400. The van der Waals surface area contributed by atoms with E-state index in [0.29, 0.717) is 6.07 Å². The molecule has 120 valence electrons. The number of halogens is 4. The Labute approximate surface area is 119 Å². The number of rotatable bonds is 5. The summed E-state index contributed by atoms with van der Waals surface area (Å²) in [5.74, 6) is 0. The van der Waals surface area contributed by atoms with Crippen LogP contribution in [0.1, 0.15) is 6.92 Å². The molecule has 0 spiro atoms. The fourth-order valence-corrected chi connectivity index (χ4v) is 3.57. The second kappa shape index (κ2) is 5.89. The second-order valence-corrected chi connectivity index (χ2v) is 7.24. The van der Waals surface area contributed by atoms with Gasteiger partial charge < -0.3 is 0 Å². The van der Waals surface area contributed by atoms with Crippen LogP contribution in [0.25, 0.3) is 0 Å². The SMILES string of the molecule is CCN(CC(F)(F)F)S(=O)(=O)c1cccc(S(=O)(=O)F)c1. The lowest BCUT2D eigenvalue weighted by Gasteiger charge is -2.21. The number of nitrogens with zero attached hydrogens (tertiary/aromatic N) is 1. The summed E-state index contributed by atoms with van der Waals surface area (Å²) in [5.41, 5.74) is 0. The van der Waals surface area contributed by atoms with E-state index in [9.17, 15) is 33.9 Å². The summed E-state index contributed by atoms with van der Waals surface area (Å²) in [6, 6.07) is 3.10. The van der Waals surface area contributed by atoms with Crippen LogP contribution in [0.5, 0.6) is 0 Å². The molecule has 0 heterocycles. The molecule has 1 aromatic carbocycles. The molecule has 0 unspecified atom stereocenters. The van der Waals surface area contributed by atoms with Crippen LogP contribution in [0, 0.1) is 0 Å². The van der Waals surface area contributed by atoms with Crippen molar-refractivity contribution in [3.63, 3.8) is 0 Å². The average Bonchev–Trinajstić information content (AvgIpc) is 2.34. The van der Waals surface area contributed by atoms with Crippen LogP contribution < -0.4 is 0 Å². The first-order valence-corrected chi connectivity index (χ1v) is 8.32. The zero-order valence-corrected chi connectivity index (χ0v) is 12.3. The lowest BCUT2D eigenvalue weighted by atomic mass is 10.4. The molecule has 0 amide bonds. The molecule has 0 bridgehead atoms. The molecule has 0 aliphatic heterocycles. The molecule has 21 heavy (non-hydrogen) atoms. The number of hydrogen-bond donors (Lipinski definition) is 0. The summed E-state index contributed by atoms with van der Waals surface area (Å²) in [7, 11) is -9.74. The van der Waals surface area contributed by atoms with Crippen LogP contribution in [0.15, 0.2) is 34.1 Å². The van der Waals surface area contributed by atoms with Crippen molar-refractivity contribution in [3.05, 3.63) is 24.3 Å². The third-order valence-corrected chi connectivity index (χ3v) is 5.17. The molecular formula is C10H11F4NO4S2. The smallest absolute Gasteiger partial charge is 0.207 e. The highest BCUT2D eigenvalue weighted by molar-refractivity contribution is 7.89. The number of sulfonamides is 1. The monoisotopic (exact) mass is 349 g/mol. The first-order valence-electron chi connectivity index (χ1n) is 5.49. The summed E-state index contributed by atoms with van der Waals surface area (Å²) in [6.07, 6.45) is -4.76. The summed E-state index contributed by atoms with van der Waals surface area (Å²) >= 11 is 0. The van der Waals surface area contributed by atoms with Crippen LogP contribution >= 0.6 is 0 Å². The van der Waals surface area contributed by atoms with Gasteiger partial charge >= 0.3 is 16.4 Å². The highest BCUT2D eigenvalue weighted by Gasteiger charge is 2.36. The highest BCUT2D eigenvalue weighted by Crippen LogP contribution is 2.24. The van der Waals surface area contributed by atoms with Crippen LogP contribution in [0.2, 0.25) is 0 Å². The second-order valence-electron chi connectivity index (χ2n) is 3.96. The van der Waals surface area contributed by atoms with Gasteiger partial charge in [-0.1, -0.05) is 13.0 Å². The molecule has 0 saturated carbocycles. The molecule has 0 atom stereocenters. The Bertz CT molecular complexity index is 713. The van der Waals surface area contributed by atoms with Crippen molar-refractivity contribution >= 4 is 20.2 Å². The van der Waals surface area contributed by atoms with E-state index in [-0.39, 0.29) is 4.31 Å². The van der Waals surface area contributed by atoms with Gasteiger partial charge in [0.1, 0.15) is 6.54 Å². The molecule has 0 saturated heterocycles. The van der Waals surface area contributed by atoms with Crippen molar-refractivity contribution in [1.29, 1.82) is 0 Å². The van der Waals surface area contributed by atoms with Crippen LogP contribution in [-0.4, -0.2) is 40.4 Å². The number of alkyl halides is 3. The zero-order chi connectivity index (χ0) is 16.5. The molecule has 0 aromatic heterocycles. The first-order chi connectivity index (χ1) is 9.38. The third kappa shape index (κ3) is 4.64. The minimum atomic E-state index is -5.16. The quantitative estimate of drug-likeness (QED) is 0.601. The van der Waals surface area contributed by atoms with Crippen molar-refractivity contribution in [3.8, 4) is 0 Å². The molecule has 0 N–H and O–H groups in total. The molecule has 0 radical (unpaired) electrons. The topological polar surface area (TPSA) is 71.5 Å². The van der Waals surface area contributed by atoms with Crippen molar-refractivity contribution < 1.29 is 33.9 Å². The van der Waals surface area contributed by atoms with Crippen LogP contribution in [-0.2, 0) is 20.2 Å². The fourth-order valence-electron chi connectivity index (χ4n) is 1.50. The third-order valence-electron chi connectivity index (χ3n) is 2.43. The zero-order valence-electron chi connectivity index (χ0n) is 10.6. The Morgan fingerprint density at radius 2 is 1.62 bits per heavy atom. The minimum Gasteiger partial charge on any atom is -0.207 e. The van der Waals surface area contributed by atoms with Crippen molar-refractivity contribution in [2.75, 3.05) is 13.1 Å². The molecule has 1 aromatic rings. The first kappa shape index (κ1) is 17.9. The number of benzene rings is 1. The van der Waals surface area contributed by atoms with Crippen molar-refractivity contribution in [2.24, 2.45) is 0 Å². The molecule has 0 fully saturated rings. The van der Waals surface area contributed by atoms with Crippen molar-refractivity contribution in [1.82, 2.24) is 4.31 Å². The van der Waals surface area contributed by atoms with Crippen molar-refractivity contribution in [2.45, 2.75) is 22.9 Å². The molecule has 0 aliphatic rings. The number of hydrogen-bond acceptors (Lipinski definition) is 4. The highest BCUT2D eigenvalue weighted by atomic mass is 32.3. The standard InChI is InChI=1S/C10H11F4NO4S2/c1-2-15(7-10(11,12)13)21(18,19)9-5-3-4-8(6-9)20(14,16)17/h3-6H,2,7H2,1H3. The summed E-state index contributed by atoms with van der Waals surface area (Å²) in [6.45, 7) is -1.01. The van der Waals surface area contributed by atoms with Gasteiger partial charge in [-0.05, 0) is 18.2 Å². The molecule has 11 heteroatoms. The van der Waals surface area contributed by atoms with E-state index in [0.717, 1.165) is 18.2 Å². The summed E-state index contributed by atoms with van der Waals surface area (Å²) in [4.78, 5) is -1.67. The van der Waals surface area contributed by atoms with Gasteiger partial charge in [0.05, 0.1) is 9.79 Å². The van der Waals surface area contributed by atoms with Crippen LogP contribution in [0.3, 0.4) is 0 Å². The minimum absolute atomic E-state index is 0.122. The Morgan fingerprint density at radius 3 is 2.05 bits per heavy atom. The van der Waals surface area contributed by atoms with Gasteiger partial charge in [-0.3, -0.25) is 0 Å². The van der Waals surface area contributed by atoms with E-state index >= 15 is 0 Å². The van der Waals surface area contributed by atoms with Gasteiger partial charge in [-0.25, -0.2) is 8.42 Å². The molecule has 0 aliphatic carbocycles. The molecular weight excluding hydrogens is 338 g/mol. The van der Waals surface area contributed by atoms with Gasteiger partial charge in [0.25, 0.3) is 0 Å². The Balaban J connectivity index is 3.30. The summed E-state index contributed by atoms with van der Waals surface area (Å²) in [5, 5.41) is 0. The van der Waals surface area contributed by atoms with E-state index in [1.165, 1.54) is 6.92 Å². The van der Waals surface area contributed by atoms with Gasteiger partial charge in [0.2, 0.25) is 10.0 Å². The largest absolute Gasteiger partial charge is 0.402 e. The van der Waals surface area contributed by atoms with Gasteiger partial charge in [-0.15, -0.1) is 3.89 Å². The van der Waals surface area contributed by atoms with E-state index in [1.54, 1.807) is 0 Å². The van der Waals surface area contributed by atoms with E-state index in [2.05, 4.69) is 0 Å². The Hall–Kier alpha value is -1.20. The van der Waals surface area contributed by atoms with E-state index in [1.807, 2.05) is 0 Å². The summed E-state index contributed by atoms with van der Waals surface area (Å²) < 4.78 is 95.5. The maximum atomic E-state index is 12.8. The van der Waals surface area contributed by atoms with E-state index in [4.69, 9.17) is 0 Å². The Kier molecular flexibility index (Phi) is 5.01. The maximum absolute atomic E-state index is 12.8. The maximum Gasteiger partial charge on any atom is 0.402 e. The normalized spacial score (nSPS) is 13.6. The molecule has 1 rings (SSSR count). The average molecular weight is 349 g/mol. The van der Waals surface area contributed by atoms with Gasteiger partial charge in [0, 0.05) is 6.54 Å². The lowest BCUT2D eigenvalue weighted by molar-refractivity contribution is -0.135.